The van der Waals surface area contributed by atoms with Gasteiger partial charge in [-0.2, -0.15) is 0 Å². The van der Waals surface area contributed by atoms with E-state index in [-0.39, 0.29) is 18.1 Å². The lowest BCUT2D eigenvalue weighted by molar-refractivity contribution is 0.0805. The molecule has 0 aliphatic heterocycles. The summed E-state index contributed by atoms with van der Waals surface area (Å²) < 4.78 is 1.40. The number of nitrogens with one attached hydrogen (secondary N) is 2. The topological polar surface area (TPSA) is 125 Å². The number of pyridine rings is 2. The molecule has 9 nitrogen and oxygen atoms in total. The van der Waals surface area contributed by atoms with Crippen LogP contribution < -0.4 is 16.2 Å². The summed E-state index contributed by atoms with van der Waals surface area (Å²) in [5.74, 6) is 1.63. The summed E-state index contributed by atoms with van der Waals surface area (Å²) in [5.41, 5.74) is -0.256. The monoisotopic (exact) mass is 396 g/mol. The number of nitrogens with zero attached hydrogens (tertiary/aromatic N) is 4. The number of fused-ring (bicyclic) bond motifs is 1. The second-order valence-electron chi connectivity index (χ2n) is 7.27. The standard InChI is InChI=1S/C20H24N6O3/c27-12-15(28)11-26-8-5-13-9-16(24-17-10-21-6-7-22-17)25-19(18(13)20(26)29)23-14-3-1-2-4-14/h5-10,14-15,27-28H,1-4,11-12H2,(H2,22,23,24,25)/t15-/m0/s1. The number of hydrogen-bond donors (Lipinski definition) is 4. The summed E-state index contributed by atoms with van der Waals surface area (Å²) in [7, 11) is 0. The number of aromatic nitrogens is 4. The van der Waals surface area contributed by atoms with Crippen LogP contribution in [0.1, 0.15) is 25.7 Å². The summed E-state index contributed by atoms with van der Waals surface area (Å²) in [6.07, 6.45) is 9.78. The van der Waals surface area contributed by atoms with E-state index in [1.807, 2.05) is 6.07 Å². The third-order valence-electron chi connectivity index (χ3n) is 5.09. The fraction of sp³-hybridized carbons (Fsp3) is 0.400. The van der Waals surface area contributed by atoms with E-state index in [9.17, 15) is 9.90 Å². The van der Waals surface area contributed by atoms with E-state index in [1.165, 1.54) is 4.57 Å². The molecule has 1 saturated carbocycles. The Morgan fingerprint density at radius 3 is 2.79 bits per heavy atom. The van der Waals surface area contributed by atoms with E-state index in [0.29, 0.717) is 22.8 Å². The van der Waals surface area contributed by atoms with Crippen molar-refractivity contribution in [1.29, 1.82) is 0 Å². The van der Waals surface area contributed by atoms with Gasteiger partial charge in [-0.05, 0) is 30.4 Å². The van der Waals surface area contributed by atoms with Gasteiger partial charge in [0, 0.05) is 24.6 Å². The lowest BCUT2D eigenvalue weighted by atomic mass is 10.1. The normalized spacial score (nSPS) is 15.5. The number of aliphatic hydroxyl groups is 2. The van der Waals surface area contributed by atoms with Crippen molar-refractivity contribution < 1.29 is 10.2 Å². The Labute approximate surface area is 167 Å². The average Bonchev–Trinajstić information content (AvgIpc) is 3.23. The summed E-state index contributed by atoms with van der Waals surface area (Å²) >= 11 is 0. The molecule has 0 amide bonds. The minimum absolute atomic E-state index is 0.0216. The molecule has 3 heterocycles. The van der Waals surface area contributed by atoms with Crippen molar-refractivity contribution in [2.24, 2.45) is 0 Å². The lowest BCUT2D eigenvalue weighted by Gasteiger charge is -2.17. The Morgan fingerprint density at radius 2 is 2.07 bits per heavy atom. The maximum Gasteiger partial charge on any atom is 0.262 e. The zero-order valence-electron chi connectivity index (χ0n) is 16.0. The van der Waals surface area contributed by atoms with Gasteiger partial charge in [-0.3, -0.25) is 9.78 Å². The van der Waals surface area contributed by atoms with Crippen molar-refractivity contribution in [2.75, 3.05) is 17.2 Å². The molecule has 1 aliphatic rings. The van der Waals surface area contributed by atoms with E-state index in [1.54, 1.807) is 30.9 Å². The van der Waals surface area contributed by atoms with E-state index >= 15 is 0 Å². The highest BCUT2D eigenvalue weighted by molar-refractivity contribution is 5.93. The summed E-state index contributed by atoms with van der Waals surface area (Å²) in [6, 6.07) is 3.87. The molecule has 0 unspecified atom stereocenters. The van der Waals surface area contributed by atoms with Crippen molar-refractivity contribution >= 4 is 28.2 Å². The molecule has 9 heteroatoms. The van der Waals surface area contributed by atoms with Crippen molar-refractivity contribution in [3.8, 4) is 0 Å². The van der Waals surface area contributed by atoms with Crippen LogP contribution in [0.5, 0.6) is 0 Å². The van der Waals surface area contributed by atoms with Crippen LogP contribution in [0.25, 0.3) is 10.8 Å². The van der Waals surface area contributed by atoms with Crippen LogP contribution in [-0.4, -0.2) is 48.5 Å². The van der Waals surface area contributed by atoms with Gasteiger partial charge in [0.15, 0.2) is 0 Å². The van der Waals surface area contributed by atoms with E-state index in [0.717, 1.165) is 31.1 Å². The smallest absolute Gasteiger partial charge is 0.262 e. The van der Waals surface area contributed by atoms with Crippen molar-refractivity contribution in [3.63, 3.8) is 0 Å². The Kier molecular flexibility index (Phi) is 5.68. The highest BCUT2D eigenvalue weighted by Gasteiger charge is 2.19. The third kappa shape index (κ3) is 4.36. The van der Waals surface area contributed by atoms with Crippen molar-refractivity contribution in [1.82, 2.24) is 19.5 Å². The zero-order chi connectivity index (χ0) is 20.2. The molecule has 1 atom stereocenters. The highest BCUT2D eigenvalue weighted by Crippen LogP contribution is 2.27. The minimum Gasteiger partial charge on any atom is -0.394 e. The summed E-state index contributed by atoms with van der Waals surface area (Å²) in [4.78, 5) is 26.0. The molecule has 1 fully saturated rings. The molecule has 0 aromatic carbocycles. The van der Waals surface area contributed by atoms with Gasteiger partial charge >= 0.3 is 0 Å². The molecule has 0 spiro atoms. The Hall–Kier alpha value is -3.04. The van der Waals surface area contributed by atoms with Gasteiger partial charge in [0.2, 0.25) is 0 Å². The van der Waals surface area contributed by atoms with Gasteiger partial charge in [-0.25, -0.2) is 9.97 Å². The van der Waals surface area contributed by atoms with Crippen LogP contribution in [-0.2, 0) is 6.54 Å². The molecular formula is C20H24N6O3. The molecule has 152 valence electrons. The molecule has 0 bridgehead atoms. The average molecular weight is 396 g/mol. The number of hydrogen-bond acceptors (Lipinski definition) is 8. The first-order chi connectivity index (χ1) is 14.1. The van der Waals surface area contributed by atoms with E-state index < -0.39 is 12.7 Å². The first-order valence-electron chi connectivity index (χ1n) is 9.77. The summed E-state index contributed by atoms with van der Waals surface area (Å²) in [6.45, 7) is -0.384. The quantitative estimate of drug-likeness (QED) is 0.475. The van der Waals surface area contributed by atoms with Crippen LogP contribution in [0.2, 0.25) is 0 Å². The van der Waals surface area contributed by atoms with Crippen molar-refractivity contribution in [2.45, 2.75) is 44.4 Å². The summed E-state index contributed by atoms with van der Waals surface area (Å²) in [5, 5.41) is 26.6. The number of rotatable bonds is 7. The van der Waals surface area contributed by atoms with Crippen LogP contribution in [0, 0.1) is 0 Å². The maximum absolute atomic E-state index is 13.1. The van der Waals surface area contributed by atoms with Crippen LogP contribution in [0.15, 0.2) is 41.7 Å². The second-order valence-corrected chi connectivity index (χ2v) is 7.27. The fourth-order valence-electron chi connectivity index (χ4n) is 3.66. The van der Waals surface area contributed by atoms with Gasteiger partial charge in [0.25, 0.3) is 5.56 Å². The third-order valence-corrected chi connectivity index (χ3v) is 5.09. The highest BCUT2D eigenvalue weighted by atomic mass is 16.3. The zero-order valence-corrected chi connectivity index (χ0v) is 16.0. The number of aliphatic hydroxyl groups excluding tert-OH is 2. The van der Waals surface area contributed by atoms with Gasteiger partial charge in [-0.15, -0.1) is 0 Å². The molecule has 0 saturated heterocycles. The first-order valence-corrected chi connectivity index (χ1v) is 9.77. The fourth-order valence-corrected chi connectivity index (χ4v) is 3.66. The number of anilines is 3. The second kappa shape index (κ2) is 8.54. The SMILES string of the molecule is O=c1c2c(NC3CCCC3)nc(Nc3cnccn3)cc2ccn1C[C@H](O)CO. The first kappa shape index (κ1) is 19.3. The maximum atomic E-state index is 13.1. The predicted molar refractivity (Wildman–Crippen MR) is 110 cm³/mol. The molecule has 3 aromatic rings. The Bertz CT molecular complexity index is 1030. The molecule has 1 aliphatic carbocycles. The van der Waals surface area contributed by atoms with Crippen LogP contribution in [0.3, 0.4) is 0 Å². The van der Waals surface area contributed by atoms with Crippen LogP contribution in [0.4, 0.5) is 17.5 Å². The molecule has 0 radical (unpaired) electrons. The van der Waals surface area contributed by atoms with E-state index in [4.69, 9.17) is 5.11 Å². The lowest BCUT2D eigenvalue weighted by Crippen LogP contribution is -2.29. The minimum atomic E-state index is -0.998. The molecule has 4 rings (SSSR count). The Balaban J connectivity index is 1.77. The molecular weight excluding hydrogens is 372 g/mol. The largest absolute Gasteiger partial charge is 0.394 e. The molecule has 29 heavy (non-hydrogen) atoms. The molecule has 3 aromatic heterocycles. The van der Waals surface area contributed by atoms with Gasteiger partial charge in [0.1, 0.15) is 17.5 Å². The van der Waals surface area contributed by atoms with E-state index in [2.05, 4.69) is 25.6 Å². The van der Waals surface area contributed by atoms with Gasteiger partial charge in [0.05, 0.1) is 30.8 Å². The van der Waals surface area contributed by atoms with Gasteiger partial charge < -0.3 is 25.4 Å². The Morgan fingerprint density at radius 1 is 1.24 bits per heavy atom. The van der Waals surface area contributed by atoms with Crippen molar-refractivity contribution in [3.05, 3.63) is 47.3 Å². The van der Waals surface area contributed by atoms with Gasteiger partial charge in [-0.1, -0.05) is 12.8 Å². The van der Waals surface area contributed by atoms with Crippen LogP contribution >= 0.6 is 0 Å². The molecule has 4 N–H and O–H groups in total. The predicted octanol–water partition coefficient (Wildman–Crippen LogP) is 1.64.